The van der Waals surface area contributed by atoms with E-state index in [1.807, 2.05) is 0 Å². The van der Waals surface area contributed by atoms with Gasteiger partial charge in [0.05, 0.1) is 19.1 Å². The predicted molar refractivity (Wildman–Crippen MR) is 110 cm³/mol. The van der Waals surface area contributed by atoms with Crippen molar-refractivity contribution < 1.29 is 14.3 Å². The van der Waals surface area contributed by atoms with Gasteiger partial charge in [-0.2, -0.15) is 0 Å². The third-order valence-corrected chi connectivity index (χ3v) is 5.98. The molecule has 0 radical (unpaired) electrons. The zero-order valence-electron chi connectivity index (χ0n) is 16.7. The van der Waals surface area contributed by atoms with E-state index in [0.717, 1.165) is 39.1 Å². The summed E-state index contributed by atoms with van der Waals surface area (Å²) in [4.78, 5) is 29.6. The summed E-state index contributed by atoms with van der Waals surface area (Å²) >= 11 is 5.91. The highest BCUT2D eigenvalue weighted by Crippen LogP contribution is 2.21. The second-order valence-corrected chi connectivity index (χ2v) is 8.66. The summed E-state index contributed by atoms with van der Waals surface area (Å²) in [6.45, 7) is 9.28. The summed E-state index contributed by atoms with van der Waals surface area (Å²) in [6.07, 6.45) is 1.65. The number of nitrogens with zero attached hydrogens (tertiary/aromatic N) is 2. The molecule has 3 rings (SSSR count). The normalized spacial score (nSPS) is 21.4. The molecule has 6 nitrogen and oxygen atoms in total. The predicted octanol–water partition coefficient (Wildman–Crippen LogP) is 2.42. The molecule has 2 fully saturated rings. The van der Waals surface area contributed by atoms with E-state index in [1.165, 1.54) is 0 Å². The second-order valence-electron chi connectivity index (χ2n) is 8.23. The third kappa shape index (κ3) is 5.25. The van der Waals surface area contributed by atoms with Crippen LogP contribution in [0.2, 0.25) is 5.02 Å². The number of amides is 2. The molecule has 1 unspecified atom stereocenters. The van der Waals surface area contributed by atoms with Gasteiger partial charge in [0.1, 0.15) is 0 Å². The Balaban J connectivity index is 1.53. The summed E-state index contributed by atoms with van der Waals surface area (Å²) in [5.41, 5.74) is 0.492. The Morgan fingerprint density at radius 2 is 1.86 bits per heavy atom. The van der Waals surface area contributed by atoms with Crippen LogP contribution in [-0.4, -0.2) is 73.1 Å². The Morgan fingerprint density at radius 1 is 1.18 bits per heavy atom. The molecule has 0 aliphatic carbocycles. The maximum Gasteiger partial charge on any atom is 0.253 e. The molecule has 0 bridgehead atoms. The molecule has 7 heteroatoms. The van der Waals surface area contributed by atoms with Crippen molar-refractivity contribution in [3.63, 3.8) is 0 Å². The van der Waals surface area contributed by atoms with E-state index in [-0.39, 0.29) is 23.3 Å². The molecule has 0 aromatic heterocycles. The number of carbonyl (C=O) groups excluding carboxylic acids is 2. The van der Waals surface area contributed by atoms with Crippen LogP contribution in [-0.2, 0) is 9.53 Å². The Labute approximate surface area is 172 Å². The Hall–Kier alpha value is -1.63. The van der Waals surface area contributed by atoms with Crippen LogP contribution in [0.15, 0.2) is 24.3 Å². The first-order valence-corrected chi connectivity index (χ1v) is 10.4. The molecule has 0 saturated carbocycles. The molecule has 1 atom stereocenters. The van der Waals surface area contributed by atoms with Crippen molar-refractivity contribution in [3.8, 4) is 0 Å². The van der Waals surface area contributed by atoms with Crippen LogP contribution in [0.1, 0.15) is 37.0 Å². The lowest BCUT2D eigenvalue weighted by atomic mass is 9.95. The van der Waals surface area contributed by atoms with E-state index in [9.17, 15) is 9.59 Å². The van der Waals surface area contributed by atoms with Crippen molar-refractivity contribution >= 4 is 23.4 Å². The Kier molecular flexibility index (Phi) is 6.96. The summed E-state index contributed by atoms with van der Waals surface area (Å²) in [6, 6.07) is 6.91. The molecule has 28 heavy (non-hydrogen) atoms. The molecule has 154 valence electrons. The van der Waals surface area contributed by atoms with E-state index in [4.69, 9.17) is 16.3 Å². The first-order valence-electron chi connectivity index (χ1n) is 10.0. The number of carbonyl (C=O) groups is 2. The fourth-order valence-electron chi connectivity index (χ4n) is 3.88. The fraction of sp³-hybridized carbons (Fsp3) is 0.619. The molecule has 1 N–H and O–H groups in total. The standard InChI is InChI=1S/C21H30ClN3O3/c1-21(2,25-10-12-28-13-11-25)15-23-19(26)17-4-3-9-24(14-17)20(27)16-5-7-18(22)8-6-16/h5-8,17H,3-4,9-15H2,1-2H3,(H,23,26). The number of likely N-dealkylation sites (tertiary alicyclic amines) is 1. The molecule has 2 aliphatic rings. The van der Waals surface area contributed by atoms with Gasteiger partial charge in [0.25, 0.3) is 5.91 Å². The molecule has 2 saturated heterocycles. The van der Waals surface area contributed by atoms with E-state index in [0.29, 0.717) is 30.2 Å². The van der Waals surface area contributed by atoms with E-state index >= 15 is 0 Å². The quantitative estimate of drug-likeness (QED) is 0.814. The zero-order valence-corrected chi connectivity index (χ0v) is 17.5. The average molecular weight is 408 g/mol. The topological polar surface area (TPSA) is 61.9 Å². The van der Waals surface area contributed by atoms with Crippen LogP contribution in [0.4, 0.5) is 0 Å². The van der Waals surface area contributed by atoms with E-state index in [2.05, 4.69) is 24.1 Å². The highest BCUT2D eigenvalue weighted by molar-refractivity contribution is 6.30. The average Bonchev–Trinajstić information content (AvgIpc) is 2.73. The van der Waals surface area contributed by atoms with E-state index < -0.39 is 0 Å². The van der Waals surface area contributed by atoms with Gasteiger partial charge < -0.3 is 15.0 Å². The number of benzene rings is 1. The molecule has 1 aromatic carbocycles. The monoisotopic (exact) mass is 407 g/mol. The molecule has 0 spiro atoms. The van der Waals surface area contributed by atoms with Gasteiger partial charge in [-0.05, 0) is 51.0 Å². The number of nitrogens with one attached hydrogen (secondary N) is 1. The molecular formula is C21H30ClN3O3. The first kappa shape index (κ1) is 21.1. The van der Waals surface area contributed by atoms with E-state index in [1.54, 1.807) is 29.2 Å². The maximum absolute atomic E-state index is 12.8. The third-order valence-electron chi connectivity index (χ3n) is 5.73. The van der Waals surface area contributed by atoms with Crippen LogP contribution in [0, 0.1) is 5.92 Å². The van der Waals surface area contributed by atoms with Crippen LogP contribution in [0.5, 0.6) is 0 Å². The van der Waals surface area contributed by atoms with Gasteiger partial charge in [-0.15, -0.1) is 0 Å². The number of hydrogen-bond acceptors (Lipinski definition) is 4. The number of morpholine rings is 1. The smallest absolute Gasteiger partial charge is 0.253 e. The number of rotatable bonds is 5. The maximum atomic E-state index is 12.8. The van der Waals surface area contributed by atoms with Gasteiger partial charge in [0.2, 0.25) is 5.91 Å². The van der Waals surface area contributed by atoms with Gasteiger partial charge in [0, 0.05) is 48.8 Å². The lowest BCUT2D eigenvalue weighted by Crippen LogP contribution is -2.56. The van der Waals surface area contributed by atoms with Crippen molar-refractivity contribution in [3.05, 3.63) is 34.9 Å². The van der Waals surface area contributed by atoms with Gasteiger partial charge in [0.15, 0.2) is 0 Å². The summed E-state index contributed by atoms with van der Waals surface area (Å²) in [5.74, 6) is -0.164. The summed E-state index contributed by atoms with van der Waals surface area (Å²) in [7, 11) is 0. The van der Waals surface area contributed by atoms with Crippen LogP contribution >= 0.6 is 11.6 Å². The van der Waals surface area contributed by atoms with Crippen molar-refractivity contribution in [2.45, 2.75) is 32.2 Å². The van der Waals surface area contributed by atoms with Gasteiger partial charge in [-0.25, -0.2) is 0 Å². The number of piperidine rings is 1. The SMILES string of the molecule is CC(C)(CNC(=O)C1CCCN(C(=O)c2ccc(Cl)cc2)C1)N1CCOCC1. The van der Waals surface area contributed by atoms with Crippen molar-refractivity contribution in [2.24, 2.45) is 5.92 Å². The summed E-state index contributed by atoms with van der Waals surface area (Å²) < 4.78 is 5.42. The molecule has 2 heterocycles. The minimum absolute atomic E-state index is 0.0370. The summed E-state index contributed by atoms with van der Waals surface area (Å²) in [5, 5.41) is 3.73. The van der Waals surface area contributed by atoms with Crippen molar-refractivity contribution in [1.29, 1.82) is 0 Å². The van der Waals surface area contributed by atoms with Crippen molar-refractivity contribution in [1.82, 2.24) is 15.1 Å². The Bertz CT molecular complexity index is 687. The highest BCUT2D eigenvalue weighted by Gasteiger charge is 2.32. The minimum atomic E-state index is -0.162. The number of halogens is 1. The van der Waals surface area contributed by atoms with Gasteiger partial charge >= 0.3 is 0 Å². The Morgan fingerprint density at radius 3 is 2.54 bits per heavy atom. The number of hydrogen-bond donors (Lipinski definition) is 1. The van der Waals surface area contributed by atoms with Crippen LogP contribution in [0.25, 0.3) is 0 Å². The first-order chi connectivity index (χ1) is 13.4. The lowest BCUT2D eigenvalue weighted by molar-refractivity contribution is -0.127. The number of ether oxygens (including phenoxy) is 1. The molecule has 2 amide bonds. The van der Waals surface area contributed by atoms with Gasteiger partial charge in [-0.1, -0.05) is 11.6 Å². The zero-order chi connectivity index (χ0) is 20.1. The lowest BCUT2D eigenvalue weighted by Gasteiger charge is -2.41. The minimum Gasteiger partial charge on any atom is -0.379 e. The largest absolute Gasteiger partial charge is 0.379 e. The molecule has 1 aromatic rings. The highest BCUT2D eigenvalue weighted by atomic mass is 35.5. The fourth-order valence-corrected chi connectivity index (χ4v) is 4.00. The van der Waals surface area contributed by atoms with Crippen LogP contribution in [0.3, 0.4) is 0 Å². The van der Waals surface area contributed by atoms with Crippen LogP contribution < -0.4 is 5.32 Å². The molecule has 2 aliphatic heterocycles. The van der Waals surface area contributed by atoms with Crippen molar-refractivity contribution in [2.75, 3.05) is 45.9 Å². The molecular weight excluding hydrogens is 378 g/mol. The second kappa shape index (κ2) is 9.25. The van der Waals surface area contributed by atoms with Gasteiger partial charge in [-0.3, -0.25) is 14.5 Å².